The van der Waals surface area contributed by atoms with E-state index in [2.05, 4.69) is 5.32 Å². The van der Waals surface area contributed by atoms with Crippen LogP contribution in [0, 0.1) is 17.1 Å². The van der Waals surface area contributed by atoms with E-state index in [0.717, 1.165) is 5.56 Å². The van der Waals surface area contributed by atoms with Crippen molar-refractivity contribution in [2.24, 2.45) is 0 Å². The molecular weight excluding hydrogens is 275 g/mol. The highest BCUT2D eigenvalue weighted by Gasteiger charge is 2.11. The van der Waals surface area contributed by atoms with Gasteiger partial charge < -0.3 is 5.32 Å². The third-order valence-corrected chi connectivity index (χ3v) is 3.31. The average molecular weight is 287 g/mol. The minimum Gasteiger partial charge on any atom is -0.349 e. The number of amides is 1. The lowest BCUT2D eigenvalue weighted by atomic mass is 10.1. The van der Waals surface area contributed by atoms with E-state index in [4.69, 9.17) is 16.9 Å². The van der Waals surface area contributed by atoms with E-state index >= 15 is 0 Å². The number of carbonyl (C=O) groups excluding carboxylic acids is 1. The van der Waals surface area contributed by atoms with Crippen molar-refractivity contribution in [2.45, 2.75) is 13.0 Å². The first-order valence-corrected chi connectivity index (χ1v) is 6.77. The molecule has 18 heavy (non-hydrogen) atoms. The topological polar surface area (TPSA) is 52.9 Å². The van der Waals surface area contributed by atoms with Crippen LogP contribution in [0.2, 0.25) is 5.02 Å². The minimum absolute atomic E-state index is 0.0347. The van der Waals surface area contributed by atoms with Gasteiger partial charge in [0.05, 0.1) is 28.6 Å². The summed E-state index contributed by atoms with van der Waals surface area (Å²) < 4.78 is 13.0. The fourth-order valence-corrected chi connectivity index (χ4v) is 1.99. The first-order valence-electron chi connectivity index (χ1n) is 5.23. The molecular formula is C12H12ClFN2OS. The van der Waals surface area contributed by atoms with Gasteiger partial charge in [0.1, 0.15) is 5.82 Å². The maximum Gasteiger partial charge on any atom is 0.230 e. The Morgan fingerprint density at radius 3 is 3.00 bits per heavy atom. The third-order valence-electron chi connectivity index (χ3n) is 2.22. The standard InChI is InChI=1S/C12H12ClFN2OS/c1-8(16-12(17)7-18-5-4-15)9-2-3-11(14)10(13)6-9/h2-3,6,8H,5,7H2,1H3,(H,16,17). The van der Waals surface area contributed by atoms with Crippen LogP contribution in [0.5, 0.6) is 0 Å². The maximum atomic E-state index is 13.0. The highest BCUT2D eigenvalue weighted by atomic mass is 35.5. The summed E-state index contributed by atoms with van der Waals surface area (Å²) in [7, 11) is 0. The zero-order valence-corrected chi connectivity index (χ0v) is 11.3. The molecule has 0 aliphatic rings. The van der Waals surface area contributed by atoms with Crippen molar-refractivity contribution in [3.8, 4) is 6.07 Å². The fraction of sp³-hybridized carbons (Fsp3) is 0.333. The van der Waals surface area contributed by atoms with Gasteiger partial charge in [-0.2, -0.15) is 5.26 Å². The zero-order chi connectivity index (χ0) is 13.5. The van der Waals surface area contributed by atoms with E-state index in [1.54, 1.807) is 13.0 Å². The molecule has 96 valence electrons. The van der Waals surface area contributed by atoms with Crippen molar-refractivity contribution in [1.29, 1.82) is 5.26 Å². The Balaban J connectivity index is 2.54. The molecule has 0 aliphatic carbocycles. The van der Waals surface area contributed by atoms with Gasteiger partial charge >= 0.3 is 0 Å². The van der Waals surface area contributed by atoms with Crippen LogP contribution in [-0.4, -0.2) is 17.4 Å². The molecule has 0 heterocycles. The number of nitrogens with zero attached hydrogens (tertiary/aromatic N) is 1. The van der Waals surface area contributed by atoms with Gasteiger partial charge in [-0.1, -0.05) is 17.7 Å². The number of carbonyl (C=O) groups is 1. The van der Waals surface area contributed by atoms with Gasteiger partial charge in [0.15, 0.2) is 0 Å². The van der Waals surface area contributed by atoms with E-state index in [1.165, 1.54) is 23.9 Å². The summed E-state index contributed by atoms with van der Waals surface area (Å²) in [6.07, 6.45) is 0. The number of hydrogen-bond acceptors (Lipinski definition) is 3. The second-order valence-electron chi connectivity index (χ2n) is 3.61. The lowest BCUT2D eigenvalue weighted by Gasteiger charge is -2.14. The first-order chi connectivity index (χ1) is 8.54. The fourth-order valence-electron chi connectivity index (χ4n) is 1.34. The van der Waals surface area contributed by atoms with Crippen molar-refractivity contribution in [2.75, 3.05) is 11.5 Å². The normalized spacial score (nSPS) is 11.7. The van der Waals surface area contributed by atoms with Crippen LogP contribution < -0.4 is 5.32 Å². The van der Waals surface area contributed by atoms with Gasteiger partial charge in [0, 0.05) is 0 Å². The summed E-state index contributed by atoms with van der Waals surface area (Å²) in [5, 5.41) is 11.1. The highest BCUT2D eigenvalue weighted by molar-refractivity contribution is 8.00. The predicted octanol–water partition coefficient (Wildman–Crippen LogP) is 2.91. The number of rotatable bonds is 5. The molecule has 0 radical (unpaired) electrons. The summed E-state index contributed by atoms with van der Waals surface area (Å²) >= 11 is 6.91. The Morgan fingerprint density at radius 1 is 1.67 bits per heavy atom. The second-order valence-corrected chi connectivity index (χ2v) is 5.01. The molecule has 3 nitrogen and oxygen atoms in total. The quantitative estimate of drug-likeness (QED) is 0.847. The molecule has 0 aliphatic heterocycles. The van der Waals surface area contributed by atoms with Crippen LogP contribution in [0.1, 0.15) is 18.5 Å². The van der Waals surface area contributed by atoms with E-state index in [9.17, 15) is 9.18 Å². The van der Waals surface area contributed by atoms with Gasteiger partial charge in [0.2, 0.25) is 5.91 Å². The smallest absolute Gasteiger partial charge is 0.230 e. The monoisotopic (exact) mass is 286 g/mol. The van der Waals surface area contributed by atoms with Crippen LogP contribution in [0.25, 0.3) is 0 Å². The maximum absolute atomic E-state index is 13.0. The summed E-state index contributed by atoms with van der Waals surface area (Å²) in [5.41, 5.74) is 0.736. The number of halogens is 2. The molecule has 0 aromatic heterocycles. The molecule has 0 bridgehead atoms. The van der Waals surface area contributed by atoms with Crippen molar-refractivity contribution < 1.29 is 9.18 Å². The van der Waals surface area contributed by atoms with Gasteiger partial charge in [-0.05, 0) is 24.6 Å². The lowest BCUT2D eigenvalue weighted by Crippen LogP contribution is -2.28. The van der Waals surface area contributed by atoms with Crippen LogP contribution in [0.4, 0.5) is 4.39 Å². The van der Waals surface area contributed by atoms with Crippen molar-refractivity contribution in [1.82, 2.24) is 5.32 Å². The molecule has 1 aromatic carbocycles. The highest BCUT2D eigenvalue weighted by Crippen LogP contribution is 2.20. The molecule has 0 saturated heterocycles. The van der Waals surface area contributed by atoms with E-state index in [-0.39, 0.29) is 28.5 Å². The second kappa shape index (κ2) is 7.24. The largest absolute Gasteiger partial charge is 0.349 e. The number of thioether (sulfide) groups is 1. The van der Waals surface area contributed by atoms with Crippen LogP contribution in [0.15, 0.2) is 18.2 Å². The van der Waals surface area contributed by atoms with Gasteiger partial charge in [-0.15, -0.1) is 11.8 Å². The Bertz CT molecular complexity index is 476. The summed E-state index contributed by atoms with van der Waals surface area (Å²) in [5.74, 6) is -0.136. The van der Waals surface area contributed by atoms with Crippen LogP contribution >= 0.6 is 23.4 Å². The molecule has 0 fully saturated rings. The van der Waals surface area contributed by atoms with E-state index in [0.29, 0.717) is 0 Å². The predicted molar refractivity (Wildman–Crippen MR) is 70.9 cm³/mol. The minimum atomic E-state index is -0.483. The lowest BCUT2D eigenvalue weighted by molar-refractivity contribution is -0.119. The van der Waals surface area contributed by atoms with Crippen LogP contribution in [-0.2, 0) is 4.79 Å². The molecule has 1 unspecified atom stereocenters. The molecule has 1 rings (SSSR count). The van der Waals surface area contributed by atoms with Gasteiger partial charge in [-0.3, -0.25) is 4.79 Å². The van der Waals surface area contributed by atoms with E-state index < -0.39 is 5.82 Å². The summed E-state index contributed by atoms with van der Waals surface area (Å²) in [4.78, 5) is 11.5. The number of benzene rings is 1. The molecule has 1 N–H and O–H groups in total. The van der Waals surface area contributed by atoms with E-state index in [1.807, 2.05) is 6.07 Å². The average Bonchev–Trinajstić information content (AvgIpc) is 2.33. The molecule has 1 amide bonds. The Kier molecular flexibility index (Phi) is 5.96. The van der Waals surface area contributed by atoms with Crippen molar-refractivity contribution >= 4 is 29.3 Å². The Hall–Kier alpha value is -1.25. The first kappa shape index (κ1) is 14.8. The Morgan fingerprint density at radius 2 is 2.39 bits per heavy atom. The molecule has 6 heteroatoms. The molecule has 0 spiro atoms. The van der Waals surface area contributed by atoms with Crippen molar-refractivity contribution in [3.05, 3.63) is 34.6 Å². The summed E-state index contributed by atoms with van der Waals surface area (Å²) in [6.45, 7) is 1.79. The SMILES string of the molecule is CC(NC(=O)CSCC#N)c1ccc(F)c(Cl)c1. The third kappa shape index (κ3) is 4.55. The van der Waals surface area contributed by atoms with Gasteiger partial charge in [-0.25, -0.2) is 4.39 Å². The molecule has 1 aromatic rings. The Labute approximate surface area is 114 Å². The number of nitrogens with one attached hydrogen (secondary N) is 1. The summed E-state index contributed by atoms with van der Waals surface area (Å²) in [6, 6.07) is 6.03. The molecule has 1 atom stereocenters. The van der Waals surface area contributed by atoms with Crippen LogP contribution in [0.3, 0.4) is 0 Å². The molecule has 0 saturated carbocycles. The number of nitriles is 1. The van der Waals surface area contributed by atoms with Crippen molar-refractivity contribution in [3.63, 3.8) is 0 Å². The zero-order valence-electron chi connectivity index (χ0n) is 9.74. The number of hydrogen-bond donors (Lipinski definition) is 1. The van der Waals surface area contributed by atoms with Gasteiger partial charge in [0.25, 0.3) is 0 Å².